The minimum atomic E-state index is -0.332. The number of benzene rings is 1. The molecule has 7 unspecified atom stereocenters. The van der Waals surface area contributed by atoms with E-state index in [0.717, 1.165) is 25.7 Å². The van der Waals surface area contributed by atoms with Crippen LogP contribution in [0.25, 0.3) is 0 Å². The molecular weight excluding hydrogens is 428 g/mol. The van der Waals surface area contributed by atoms with Crippen LogP contribution in [-0.2, 0) is 18.9 Å². The maximum absolute atomic E-state index is 10.3. The Morgan fingerprint density at radius 1 is 0.882 bits per heavy atom. The molecule has 1 aliphatic carbocycles. The highest BCUT2D eigenvalue weighted by Gasteiger charge is 2.39. The zero-order chi connectivity index (χ0) is 24.2. The molecule has 0 spiro atoms. The minimum Gasteiger partial charge on any atom is -0.393 e. The maximum Gasteiger partial charge on any atom is 0.184 e. The van der Waals surface area contributed by atoms with Gasteiger partial charge in [-0.05, 0) is 70.9 Å². The molecule has 1 saturated carbocycles. The summed E-state index contributed by atoms with van der Waals surface area (Å²) in [6.07, 6.45) is 9.76. The van der Waals surface area contributed by atoms with E-state index >= 15 is 0 Å². The van der Waals surface area contributed by atoms with E-state index in [4.69, 9.17) is 18.9 Å². The standard InChI is InChI=1S/C29H46O5/c1-6-23(30)15-25-17-26(33-28(32-25)22-10-8-7-9-11-22)16-24-14-21(5)31-29(34-24)27-19(3)12-18(2)13-20(27)4/h12-13,21-26,28-30H,6-11,14-17H2,1-5H3. The van der Waals surface area contributed by atoms with Gasteiger partial charge in [-0.15, -0.1) is 0 Å². The lowest BCUT2D eigenvalue weighted by molar-refractivity contribution is -0.287. The molecule has 1 N–H and O–H groups in total. The van der Waals surface area contributed by atoms with Crippen molar-refractivity contribution in [3.05, 3.63) is 34.4 Å². The molecule has 3 fully saturated rings. The lowest BCUT2D eigenvalue weighted by Crippen LogP contribution is -2.45. The second-order valence-corrected chi connectivity index (χ2v) is 11.1. The van der Waals surface area contributed by atoms with Crippen LogP contribution in [0.5, 0.6) is 0 Å². The van der Waals surface area contributed by atoms with Gasteiger partial charge in [0.15, 0.2) is 12.6 Å². The van der Waals surface area contributed by atoms with Crippen molar-refractivity contribution in [2.45, 2.75) is 142 Å². The second kappa shape index (κ2) is 11.8. The van der Waals surface area contributed by atoms with E-state index < -0.39 is 0 Å². The molecule has 5 nitrogen and oxygen atoms in total. The van der Waals surface area contributed by atoms with E-state index in [1.54, 1.807) is 0 Å². The first-order valence-electron chi connectivity index (χ1n) is 13.7. The van der Waals surface area contributed by atoms with E-state index in [1.165, 1.54) is 54.4 Å². The fraction of sp³-hybridized carbons (Fsp3) is 0.793. The van der Waals surface area contributed by atoms with Crippen LogP contribution in [0, 0.1) is 26.7 Å². The molecule has 0 amide bonds. The summed E-state index contributed by atoms with van der Waals surface area (Å²) >= 11 is 0. The van der Waals surface area contributed by atoms with Crippen LogP contribution in [0.4, 0.5) is 0 Å². The zero-order valence-corrected chi connectivity index (χ0v) is 21.9. The van der Waals surface area contributed by atoms with E-state index in [1.807, 2.05) is 6.92 Å². The topological polar surface area (TPSA) is 57.2 Å². The molecule has 4 rings (SSSR count). The van der Waals surface area contributed by atoms with Crippen molar-refractivity contribution < 1.29 is 24.1 Å². The summed E-state index contributed by atoms with van der Waals surface area (Å²) in [5, 5.41) is 10.3. The quantitative estimate of drug-likeness (QED) is 0.493. The van der Waals surface area contributed by atoms with Gasteiger partial charge in [0, 0.05) is 24.3 Å². The van der Waals surface area contributed by atoms with Crippen molar-refractivity contribution in [3.8, 4) is 0 Å². The molecule has 1 aromatic rings. The SMILES string of the molecule is CCC(O)CC1CC(CC2CC(C)OC(c3c(C)cc(C)cc3C)O2)OC(C2CCCCC2)O1. The van der Waals surface area contributed by atoms with Crippen molar-refractivity contribution in [3.63, 3.8) is 0 Å². The van der Waals surface area contributed by atoms with Crippen molar-refractivity contribution in [2.75, 3.05) is 0 Å². The van der Waals surface area contributed by atoms with Gasteiger partial charge in [-0.1, -0.05) is 43.9 Å². The molecule has 5 heteroatoms. The van der Waals surface area contributed by atoms with Crippen molar-refractivity contribution in [1.29, 1.82) is 0 Å². The molecule has 3 aliphatic rings. The number of aliphatic hydroxyl groups excluding tert-OH is 1. The van der Waals surface area contributed by atoms with Gasteiger partial charge in [-0.3, -0.25) is 0 Å². The van der Waals surface area contributed by atoms with Crippen molar-refractivity contribution in [2.24, 2.45) is 5.92 Å². The van der Waals surface area contributed by atoms with Crippen LogP contribution < -0.4 is 0 Å². The third kappa shape index (κ3) is 6.61. The Labute approximate surface area is 206 Å². The van der Waals surface area contributed by atoms with Gasteiger partial charge in [0.1, 0.15) is 0 Å². The molecule has 1 aromatic carbocycles. The lowest BCUT2D eigenvalue weighted by atomic mass is 9.87. The number of ether oxygens (including phenoxy) is 4. The minimum absolute atomic E-state index is 0.0512. The van der Waals surface area contributed by atoms with Gasteiger partial charge >= 0.3 is 0 Å². The smallest absolute Gasteiger partial charge is 0.184 e. The summed E-state index contributed by atoms with van der Waals surface area (Å²) in [6.45, 7) is 10.6. The third-order valence-corrected chi connectivity index (χ3v) is 7.99. The Morgan fingerprint density at radius 2 is 1.53 bits per heavy atom. The van der Waals surface area contributed by atoms with Gasteiger partial charge in [-0.25, -0.2) is 0 Å². The largest absolute Gasteiger partial charge is 0.393 e. The third-order valence-electron chi connectivity index (χ3n) is 7.99. The number of aryl methyl sites for hydroxylation is 3. The van der Waals surface area contributed by atoms with Crippen LogP contribution in [0.2, 0.25) is 0 Å². The summed E-state index contributed by atoms with van der Waals surface area (Å²) < 4.78 is 25.9. The molecule has 2 saturated heterocycles. The normalized spacial score (nSPS) is 34.2. The average Bonchev–Trinajstić information content (AvgIpc) is 2.78. The van der Waals surface area contributed by atoms with Gasteiger partial charge in [-0.2, -0.15) is 0 Å². The summed E-state index contributed by atoms with van der Waals surface area (Å²) in [5.41, 5.74) is 4.88. The Hall–Kier alpha value is -0.980. The first-order valence-corrected chi connectivity index (χ1v) is 13.7. The zero-order valence-electron chi connectivity index (χ0n) is 21.9. The Bertz CT molecular complexity index is 766. The Morgan fingerprint density at radius 3 is 2.21 bits per heavy atom. The van der Waals surface area contributed by atoms with E-state index in [0.29, 0.717) is 12.3 Å². The second-order valence-electron chi connectivity index (χ2n) is 11.1. The first-order chi connectivity index (χ1) is 16.3. The van der Waals surface area contributed by atoms with Crippen molar-refractivity contribution >= 4 is 0 Å². The highest BCUT2D eigenvalue weighted by molar-refractivity contribution is 5.38. The first kappa shape index (κ1) is 26.1. The molecule has 34 heavy (non-hydrogen) atoms. The molecule has 0 aromatic heterocycles. The van der Waals surface area contributed by atoms with Crippen LogP contribution in [0.3, 0.4) is 0 Å². The average molecular weight is 475 g/mol. The summed E-state index contributed by atoms with van der Waals surface area (Å²) in [5.74, 6) is 0.470. The van der Waals surface area contributed by atoms with E-state index in [9.17, 15) is 5.11 Å². The maximum atomic E-state index is 10.3. The number of hydrogen-bond donors (Lipinski definition) is 1. The van der Waals surface area contributed by atoms with E-state index in [2.05, 4.69) is 39.8 Å². The predicted octanol–water partition coefficient (Wildman–Crippen LogP) is 6.44. The molecule has 2 aliphatic heterocycles. The van der Waals surface area contributed by atoms with E-state index in [-0.39, 0.29) is 43.1 Å². The number of rotatable bonds is 7. The van der Waals surface area contributed by atoms with Gasteiger partial charge in [0.05, 0.1) is 30.5 Å². The molecule has 0 radical (unpaired) electrons. The van der Waals surface area contributed by atoms with Gasteiger partial charge in [0.2, 0.25) is 0 Å². The van der Waals surface area contributed by atoms with Gasteiger partial charge < -0.3 is 24.1 Å². The number of aliphatic hydroxyl groups is 1. The summed E-state index contributed by atoms with van der Waals surface area (Å²) in [6, 6.07) is 4.42. The molecule has 0 bridgehead atoms. The van der Waals surface area contributed by atoms with Crippen molar-refractivity contribution in [1.82, 2.24) is 0 Å². The van der Waals surface area contributed by atoms with Crippen LogP contribution >= 0.6 is 0 Å². The Kier molecular flexibility index (Phi) is 9.08. The summed E-state index contributed by atoms with van der Waals surface area (Å²) in [4.78, 5) is 0. The predicted molar refractivity (Wildman–Crippen MR) is 134 cm³/mol. The molecule has 7 atom stereocenters. The van der Waals surface area contributed by atoms with Crippen LogP contribution in [0.15, 0.2) is 12.1 Å². The lowest BCUT2D eigenvalue weighted by Gasteiger charge is -2.43. The van der Waals surface area contributed by atoms with Crippen LogP contribution in [-0.4, -0.2) is 41.9 Å². The Balaban J connectivity index is 1.45. The van der Waals surface area contributed by atoms with Crippen LogP contribution in [0.1, 0.15) is 107 Å². The molecule has 2 heterocycles. The monoisotopic (exact) mass is 474 g/mol. The number of hydrogen-bond acceptors (Lipinski definition) is 5. The highest BCUT2D eigenvalue weighted by atomic mass is 16.7. The van der Waals surface area contributed by atoms with Gasteiger partial charge in [0.25, 0.3) is 0 Å². The summed E-state index contributed by atoms with van der Waals surface area (Å²) in [7, 11) is 0. The molecule has 192 valence electrons. The molecular formula is C29H46O5. The fourth-order valence-electron chi connectivity index (χ4n) is 6.26. The highest BCUT2D eigenvalue weighted by Crippen LogP contribution is 2.39. The fourth-order valence-corrected chi connectivity index (χ4v) is 6.26.